The Kier molecular flexibility index (Phi) is 7.49. The molecule has 0 unspecified atom stereocenters. The summed E-state index contributed by atoms with van der Waals surface area (Å²) in [6.45, 7) is 2.01. The van der Waals surface area contributed by atoms with Crippen molar-refractivity contribution in [1.29, 1.82) is 5.41 Å². The fourth-order valence-corrected chi connectivity index (χ4v) is 4.79. The van der Waals surface area contributed by atoms with Crippen LogP contribution in [0.1, 0.15) is 55.5 Å². The highest BCUT2D eigenvalue weighted by molar-refractivity contribution is 6.31. The Bertz CT molecular complexity index is 1290. The lowest BCUT2D eigenvalue weighted by atomic mass is 9.93. The van der Waals surface area contributed by atoms with Gasteiger partial charge in [0, 0.05) is 36.5 Å². The average Bonchev–Trinajstić information content (AvgIpc) is 2.85. The number of fused-ring (bicyclic) bond motifs is 2. The highest BCUT2D eigenvalue weighted by Gasteiger charge is 2.31. The van der Waals surface area contributed by atoms with Gasteiger partial charge in [0.05, 0.1) is 22.3 Å². The summed E-state index contributed by atoms with van der Waals surface area (Å²) in [5.41, 5.74) is 7.57. The number of rotatable bonds is 3. The van der Waals surface area contributed by atoms with Crippen molar-refractivity contribution in [2.45, 2.75) is 38.6 Å². The summed E-state index contributed by atoms with van der Waals surface area (Å²) in [7, 11) is 0. The molecule has 0 radical (unpaired) electrons. The first kappa shape index (κ1) is 25.5. The van der Waals surface area contributed by atoms with Crippen LogP contribution in [0.15, 0.2) is 42.4 Å². The zero-order valence-electron chi connectivity index (χ0n) is 19.7. The topological polar surface area (TPSA) is 112 Å². The predicted molar refractivity (Wildman–Crippen MR) is 134 cm³/mol. The smallest absolute Gasteiger partial charge is 0.247 e. The molecular weight excluding hydrogens is 488 g/mol. The molecule has 0 saturated carbocycles. The minimum Gasteiger partial charge on any atom is -0.385 e. The lowest BCUT2D eigenvalue weighted by Gasteiger charge is -2.34. The molecule has 0 spiro atoms. The first-order chi connectivity index (χ1) is 17.2. The second-order valence-electron chi connectivity index (χ2n) is 8.95. The Morgan fingerprint density at radius 2 is 2.03 bits per heavy atom. The number of pyridine rings is 1. The molecule has 0 fully saturated rings. The van der Waals surface area contributed by atoms with Gasteiger partial charge < -0.3 is 21.4 Å². The van der Waals surface area contributed by atoms with Crippen molar-refractivity contribution >= 4 is 40.8 Å². The number of halogens is 3. The van der Waals surface area contributed by atoms with Gasteiger partial charge >= 0.3 is 0 Å². The van der Waals surface area contributed by atoms with Crippen LogP contribution in [0.5, 0.6) is 0 Å². The molecule has 3 heterocycles. The molecule has 1 aromatic carbocycles. The minimum absolute atomic E-state index is 0.0725. The summed E-state index contributed by atoms with van der Waals surface area (Å²) in [5.74, 6) is -2.57. The molecule has 4 N–H and O–H groups in total. The van der Waals surface area contributed by atoms with Gasteiger partial charge in [0.15, 0.2) is 5.82 Å². The lowest BCUT2D eigenvalue weighted by Crippen LogP contribution is -2.38. The van der Waals surface area contributed by atoms with Crippen molar-refractivity contribution in [3.05, 3.63) is 75.8 Å². The Morgan fingerprint density at radius 3 is 2.75 bits per heavy atom. The summed E-state index contributed by atoms with van der Waals surface area (Å²) in [6, 6.07) is 5.21. The third-order valence-electron chi connectivity index (χ3n) is 6.63. The molecule has 0 aliphatic carbocycles. The number of aromatic nitrogens is 1. The van der Waals surface area contributed by atoms with Crippen molar-refractivity contribution < 1.29 is 18.4 Å². The van der Waals surface area contributed by atoms with Crippen LogP contribution in [0.4, 0.5) is 8.78 Å². The first-order valence-corrected chi connectivity index (χ1v) is 12.0. The fourth-order valence-electron chi connectivity index (χ4n) is 4.63. The summed E-state index contributed by atoms with van der Waals surface area (Å²) >= 11 is 5.84. The molecule has 36 heavy (non-hydrogen) atoms. The van der Waals surface area contributed by atoms with Crippen LogP contribution in [0.3, 0.4) is 0 Å². The molecule has 2 aliphatic rings. The van der Waals surface area contributed by atoms with Gasteiger partial charge in [-0.25, -0.2) is 8.78 Å². The van der Waals surface area contributed by atoms with Crippen LogP contribution in [0.25, 0.3) is 11.1 Å². The van der Waals surface area contributed by atoms with Crippen LogP contribution >= 0.6 is 11.6 Å². The molecule has 2 bridgehead atoms. The van der Waals surface area contributed by atoms with Gasteiger partial charge in [0.2, 0.25) is 11.8 Å². The van der Waals surface area contributed by atoms with E-state index in [2.05, 4.69) is 10.3 Å². The molecule has 4 rings (SSSR count). The molecular formula is C26H26ClF2N5O2. The van der Waals surface area contributed by atoms with Crippen LogP contribution in [0.2, 0.25) is 5.02 Å². The molecule has 2 aromatic rings. The highest BCUT2D eigenvalue weighted by Crippen LogP contribution is 2.35. The maximum atomic E-state index is 14.6. The molecule has 1 aromatic heterocycles. The minimum atomic E-state index is -0.889. The number of benzene rings is 1. The van der Waals surface area contributed by atoms with E-state index in [1.807, 2.05) is 0 Å². The van der Waals surface area contributed by atoms with Crippen molar-refractivity contribution in [2.75, 3.05) is 6.54 Å². The zero-order valence-corrected chi connectivity index (χ0v) is 20.4. The molecule has 2 aliphatic heterocycles. The maximum absolute atomic E-state index is 14.6. The maximum Gasteiger partial charge on any atom is 0.247 e. The number of carbonyl (C=O) groups excluding carboxylic acids is 2. The van der Waals surface area contributed by atoms with Crippen LogP contribution in [-0.4, -0.2) is 34.5 Å². The van der Waals surface area contributed by atoms with Crippen molar-refractivity contribution in [1.82, 2.24) is 15.2 Å². The van der Waals surface area contributed by atoms with E-state index >= 15 is 0 Å². The van der Waals surface area contributed by atoms with E-state index < -0.39 is 23.6 Å². The van der Waals surface area contributed by atoms with Gasteiger partial charge in [0.25, 0.3) is 0 Å². The Balaban J connectivity index is 1.72. The number of amides is 2. The van der Waals surface area contributed by atoms with E-state index in [-0.39, 0.29) is 46.8 Å². The number of carbonyl (C=O) groups is 2. The van der Waals surface area contributed by atoms with Gasteiger partial charge in [-0.2, -0.15) is 0 Å². The summed E-state index contributed by atoms with van der Waals surface area (Å²) < 4.78 is 29.0. The first-order valence-electron chi connectivity index (χ1n) is 11.6. The average molecular weight is 514 g/mol. The van der Waals surface area contributed by atoms with Gasteiger partial charge in [0.1, 0.15) is 11.6 Å². The third-order valence-corrected chi connectivity index (χ3v) is 6.92. The highest BCUT2D eigenvalue weighted by atomic mass is 35.5. The second kappa shape index (κ2) is 10.6. The van der Waals surface area contributed by atoms with Crippen LogP contribution in [-0.2, 0) is 9.59 Å². The normalized spacial score (nSPS) is 23.3. The largest absolute Gasteiger partial charge is 0.385 e. The SMILES string of the molecule is C[C@@H]1CCC[C@H](N2CCC(c3c(F)ccc(Cl)c3F)=CC2=O)c2cc(ccn2)/C(C=N)=C(/N)NC1=O. The summed E-state index contributed by atoms with van der Waals surface area (Å²) in [4.78, 5) is 31.9. The standard InChI is InChI=1S/C26H26ClF2N5O2/c1-14-3-2-4-21(20-11-15(7-9-32-20)17(13-30)25(31)33-26(14)36)34-10-8-16(12-22(34)35)23-19(28)6-5-18(27)24(23)29/h5-7,9,11-14,21,30H,2-4,8,10,31H2,1H3,(H,33,36)/b25-17-,30-13?/t14-,21+/m1/s1. The van der Waals surface area contributed by atoms with Crippen molar-refractivity contribution in [3.8, 4) is 0 Å². The van der Waals surface area contributed by atoms with E-state index in [9.17, 15) is 18.4 Å². The molecule has 2 amide bonds. The third kappa shape index (κ3) is 5.02. The Hall–Kier alpha value is -3.59. The van der Waals surface area contributed by atoms with Crippen LogP contribution < -0.4 is 11.1 Å². The Morgan fingerprint density at radius 1 is 1.25 bits per heavy atom. The van der Waals surface area contributed by atoms with Gasteiger partial charge in [-0.15, -0.1) is 0 Å². The van der Waals surface area contributed by atoms with Crippen LogP contribution in [0, 0.1) is 23.0 Å². The molecule has 188 valence electrons. The molecule has 2 atom stereocenters. The molecule has 10 heteroatoms. The Labute approximate surface area is 212 Å². The van der Waals surface area contributed by atoms with E-state index in [0.717, 1.165) is 18.3 Å². The van der Waals surface area contributed by atoms with E-state index in [1.54, 1.807) is 30.2 Å². The van der Waals surface area contributed by atoms with Gasteiger partial charge in [-0.05, 0) is 54.7 Å². The number of nitrogens with zero attached hydrogens (tertiary/aromatic N) is 2. The molecule has 0 saturated heterocycles. The van der Waals surface area contributed by atoms with E-state index in [4.69, 9.17) is 22.7 Å². The monoisotopic (exact) mass is 513 g/mol. The van der Waals surface area contributed by atoms with Gasteiger partial charge in [-0.3, -0.25) is 14.6 Å². The molecule has 7 nitrogen and oxygen atoms in total. The second-order valence-corrected chi connectivity index (χ2v) is 9.35. The summed E-state index contributed by atoms with van der Waals surface area (Å²) in [5, 5.41) is 10.3. The lowest BCUT2D eigenvalue weighted by molar-refractivity contribution is -0.129. The zero-order chi connectivity index (χ0) is 26.0. The van der Waals surface area contributed by atoms with Crippen molar-refractivity contribution in [3.63, 3.8) is 0 Å². The number of allylic oxidation sites excluding steroid dienone is 1. The number of hydrogen-bond acceptors (Lipinski definition) is 5. The summed E-state index contributed by atoms with van der Waals surface area (Å²) in [6.07, 6.45) is 5.82. The number of nitrogens with two attached hydrogens (primary N) is 1. The quantitative estimate of drug-likeness (QED) is 0.412. The van der Waals surface area contributed by atoms with Gasteiger partial charge in [-0.1, -0.05) is 24.9 Å². The van der Waals surface area contributed by atoms with E-state index in [1.165, 1.54) is 6.08 Å². The van der Waals surface area contributed by atoms with Crippen molar-refractivity contribution in [2.24, 2.45) is 11.7 Å². The predicted octanol–water partition coefficient (Wildman–Crippen LogP) is 4.58. The number of hydrogen-bond donors (Lipinski definition) is 3. The fraction of sp³-hybridized carbons (Fsp3) is 0.308. The number of nitrogens with one attached hydrogen (secondary N) is 2. The van der Waals surface area contributed by atoms with E-state index in [0.29, 0.717) is 36.1 Å².